The Kier molecular flexibility index (Phi) is 16.8. The van der Waals surface area contributed by atoms with Gasteiger partial charge in [0.15, 0.2) is 0 Å². The van der Waals surface area contributed by atoms with Gasteiger partial charge in [-0.1, -0.05) is 51.7 Å². The number of ether oxygens (including phenoxy) is 2. The second-order valence-corrected chi connectivity index (χ2v) is 7.30. The molecule has 2 rings (SSSR count). The number of benzene rings is 1. The summed E-state index contributed by atoms with van der Waals surface area (Å²) < 4.78 is 11.2. The van der Waals surface area contributed by atoms with Crippen molar-refractivity contribution in [1.82, 2.24) is 9.80 Å². The molecule has 1 aliphatic rings. The third-order valence-corrected chi connectivity index (χ3v) is 5.18. The molecule has 1 aromatic carbocycles. The number of likely N-dealkylation sites (N-methyl/N-ethyl adjacent to an activating group) is 1. The highest BCUT2D eigenvalue weighted by Crippen LogP contribution is 2.24. The summed E-state index contributed by atoms with van der Waals surface area (Å²) in [6, 6.07) is 7.53. The highest BCUT2D eigenvalue weighted by Gasteiger charge is 2.15. The fraction of sp³-hybridized carbons (Fsp3) is 0.682. The highest BCUT2D eigenvalue weighted by atomic mass is 35.5. The topological polar surface area (TPSA) is 54.0 Å². The predicted octanol–water partition coefficient (Wildman–Crippen LogP) is 5.07. The number of hydrogen-bond donors (Lipinski definition) is 1. The summed E-state index contributed by atoms with van der Waals surface area (Å²) in [7, 11) is 0. The van der Waals surface area contributed by atoms with E-state index in [1.54, 1.807) is 0 Å². The van der Waals surface area contributed by atoms with E-state index in [-0.39, 0.29) is 24.8 Å². The van der Waals surface area contributed by atoms with Crippen LogP contribution in [0.25, 0.3) is 0 Å². The molecule has 0 aromatic heterocycles. The lowest BCUT2D eigenvalue weighted by atomic mass is 10.2. The van der Waals surface area contributed by atoms with E-state index in [4.69, 9.17) is 9.47 Å². The molecule has 1 fully saturated rings. The lowest BCUT2D eigenvalue weighted by Gasteiger charge is -2.33. The molecule has 30 heavy (non-hydrogen) atoms. The van der Waals surface area contributed by atoms with Crippen molar-refractivity contribution in [2.24, 2.45) is 0 Å². The van der Waals surface area contributed by atoms with Gasteiger partial charge in [-0.05, 0) is 25.1 Å². The van der Waals surface area contributed by atoms with Gasteiger partial charge in [-0.25, -0.2) is 4.79 Å². The van der Waals surface area contributed by atoms with Crippen molar-refractivity contribution in [1.29, 1.82) is 0 Å². The van der Waals surface area contributed by atoms with E-state index >= 15 is 0 Å². The molecule has 1 heterocycles. The van der Waals surface area contributed by atoms with Crippen LogP contribution in [0.15, 0.2) is 24.3 Å². The van der Waals surface area contributed by atoms with Gasteiger partial charge in [0.25, 0.3) is 0 Å². The number of amides is 1. The number of halogens is 2. The van der Waals surface area contributed by atoms with Crippen molar-refractivity contribution < 1.29 is 14.3 Å². The first-order chi connectivity index (χ1) is 13.7. The van der Waals surface area contributed by atoms with E-state index < -0.39 is 6.09 Å². The first-order valence-electron chi connectivity index (χ1n) is 10.8. The fourth-order valence-corrected chi connectivity index (χ4v) is 3.33. The van der Waals surface area contributed by atoms with E-state index in [2.05, 4.69) is 29.0 Å². The molecule has 6 nitrogen and oxygen atoms in total. The van der Waals surface area contributed by atoms with Crippen LogP contribution in [0.2, 0.25) is 0 Å². The molecule has 1 saturated heterocycles. The third-order valence-electron chi connectivity index (χ3n) is 5.18. The van der Waals surface area contributed by atoms with E-state index in [1.807, 2.05) is 24.3 Å². The van der Waals surface area contributed by atoms with E-state index in [0.717, 1.165) is 45.7 Å². The monoisotopic (exact) mass is 463 g/mol. The largest absolute Gasteiger partial charge is 0.491 e. The van der Waals surface area contributed by atoms with Crippen molar-refractivity contribution in [3.8, 4) is 5.75 Å². The molecule has 0 saturated carbocycles. The third kappa shape index (κ3) is 11.3. The quantitative estimate of drug-likeness (QED) is 0.438. The number of rotatable bonds is 12. The molecular weight excluding hydrogens is 425 g/mol. The zero-order valence-corrected chi connectivity index (χ0v) is 20.1. The van der Waals surface area contributed by atoms with Gasteiger partial charge >= 0.3 is 6.09 Å². The predicted molar refractivity (Wildman–Crippen MR) is 129 cm³/mol. The molecule has 1 N–H and O–H groups in total. The molecule has 0 atom stereocenters. The molecule has 174 valence electrons. The van der Waals surface area contributed by atoms with Crippen molar-refractivity contribution >= 4 is 36.6 Å². The fourth-order valence-electron chi connectivity index (χ4n) is 3.33. The number of nitrogens with zero attached hydrogens (tertiary/aromatic N) is 2. The Morgan fingerprint density at radius 2 is 1.60 bits per heavy atom. The minimum Gasteiger partial charge on any atom is -0.491 e. The number of unbranched alkanes of at least 4 members (excludes halogenated alkanes) is 4. The smallest absolute Gasteiger partial charge is 0.411 e. The first-order valence-corrected chi connectivity index (χ1v) is 10.8. The summed E-state index contributed by atoms with van der Waals surface area (Å²) in [5.41, 5.74) is 0.664. The van der Waals surface area contributed by atoms with Crippen LogP contribution in [0.3, 0.4) is 0 Å². The molecule has 0 aliphatic carbocycles. The van der Waals surface area contributed by atoms with Crippen molar-refractivity contribution in [3.63, 3.8) is 0 Å². The average molecular weight is 464 g/mol. The van der Waals surface area contributed by atoms with Crippen molar-refractivity contribution in [3.05, 3.63) is 24.3 Å². The average Bonchev–Trinajstić information content (AvgIpc) is 2.72. The zero-order chi connectivity index (χ0) is 20.0. The normalized spacial score (nSPS) is 14.3. The summed E-state index contributed by atoms with van der Waals surface area (Å²) in [4.78, 5) is 16.9. The Hall–Kier alpha value is -1.21. The van der Waals surface area contributed by atoms with Crippen LogP contribution in [-0.4, -0.2) is 68.4 Å². The van der Waals surface area contributed by atoms with Gasteiger partial charge in [-0.2, -0.15) is 0 Å². The molecule has 1 aromatic rings. The number of hydrogen-bond acceptors (Lipinski definition) is 5. The zero-order valence-electron chi connectivity index (χ0n) is 18.4. The summed E-state index contributed by atoms with van der Waals surface area (Å²) in [5.74, 6) is 0.700. The van der Waals surface area contributed by atoms with Gasteiger partial charge < -0.3 is 14.4 Å². The minimum atomic E-state index is -0.425. The van der Waals surface area contributed by atoms with Gasteiger partial charge in [0.1, 0.15) is 12.4 Å². The van der Waals surface area contributed by atoms with E-state index in [0.29, 0.717) is 24.7 Å². The molecule has 8 heteroatoms. The van der Waals surface area contributed by atoms with Crippen molar-refractivity contribution in [2.75, 3.05) is 57.8 Å². The van der Waals surface area contributed by atoms with Gasteiger partial charge in [0, 0.05) is 32.7 Å². The maximum Gasteiger partial charge on any atom is 0.411 e. The molecule has 0 radical (unpaired) electrons. The maximum atomic E-state index is 12.1. The summed E-state index contributed by atoms with van der Waals surface area (Å²) in [6.45, 7) is 11.6. The van der Waals surface area contributed by atoms with Crippen LogP contribution in [-0.2, 0) is 4.74 Å². The molecular formula is C22H39Cl2N3O3. The van der Waals surface area contributed by atoms with Crippen molar-refractivity contribution in [2.45, 2.75) is 46.0 Å². The van der Waals surface area contributed by atoms with Crippen LogP contribution in [0.1, 0.15) is 46.0 Å². The summed E-state index contributed by atoms with van der Waals surface area (Å²) in [5, 5.41) is 2.81. The highest BCUT2D eigenvalue weighted by molar-refractivity contribution is 5.86. The number of nitrogens with one attached hydrogen (secondary N) is 1. The molecule has 1 amide bonds. The van der Waals surface area contributed by atoms with Gasteiger partial charge in [-0.15, -0.1) is 24.8 Å². The minimum absolute atomic E-state index is 0. The van der Waals surface area contributed by atoms with Crippen LogP contribution in [0.5, 0.6) is 5.75 Å². The van der Waals surface area contributed by atoms with Gasteiger partial charge in [0.05, 0.1) is 12.3 Å². The Morgan fingerprint density at radius 3 is 2.30 bits per heavy atom. The van der Waals surface area contributed by atoms with Crippen LogP contribution in [0, 0.1) is 0 Å². The number of piperazine rings is 1. The maximum absolute atomic E-state index is 12.1. The number of carbonyl (C=O) groups is 1. The van der Waals surface area contributed by atoms with Crippen LogP contribution in [0.4, 0.5) is 10.5 Å². The number of anilines is 1. The second kappa shape index (κ2) is 17.5. The second-order valence-electron chi connectivity index (χ2n) is 7.30. The van der Waals surface area contributed by atoms with Gasteiger partial charge in [-0.3, -0.25) is 10.2 Å². The molecule has 1 aliphatic heterocycles. The van der Waals surface area contributed by atoms with Crippen LogP contribution < -0.4 is 10.1 Å². The molecule has 0 bridgehead atoms. The Morgan fingerprint density at radius 1 is 0.933 bits per heavy atom. The number of carbonyl (C=O) groups excluding carboxylic acids is 1. The summed E-state index contributed by atoms with van der Waals surface area (Å²) in [6.07, 6.45) is 5.55. The molecule has 0 spiro atoms. The molecule has 0 unspecified atom stereocenters. The van der Waals surface area contributed by atoms with Crippen LogP contribution >= 0.6 is 24.8 Å². The SMILES string of the molecule is CCCCCCCOc1ccccc1NC(=O)OCCN1CCN(CC)CC1.Cl.Cl. The van der Waals surface area contributed by atoms with E-state index in [9.17, 15) is 4.79 Å². The lowest BCUT2D eigenvalue weighted by Crippen LogP contribution is -2.47. The van der Waals surface area contributed by atoms with Gasteiger partial charge in [0.2, 0.25) is 0 Å². The van der Waals surface area contributed by atoms with E-state index in [1.165, 1.54) is 25.7 Å². The Labute approximate surface area is 194 Å². The first kappa shape index (κ1) is 28.8. The Bertz CT molecular complexity index is 570. The number of para-hydroxylation sites is 2. The summed E-state index contributed by atoms with van der Waals surface area (Å²) >= 11 is 0. The Balaban J connectivity index is 0.00000420. The lowest BCUT2D eigenvalue weighted by molar-refractivity contribution is 0.103. The standard InChI is InChI=1S/C22H37N3O3.2ClH/c1-3-5-6-7-10-18-27-21-12-9-8-11-20(21)23-22(26)28-19-17-25-15-13-24(4-2)14-16-25;;/h8-9,11-12H,3-7,10,13-19H2,1-2H3,(H,23,26);2*1H.